The molecular formula is C25H21ClN2O3. The van der Waals surface area contributed by atoms with Gasteiger partial charge in [-0.3, -0.25) is 5.32 Å². The summed E-state index contributed by atoms with van der Waals surface area (Å²) in [5.41, 5.74) is 4.78. The lowest BCUT2D eigenvalue weighted by atomic mass is 10.0. The molecule has 0 aliphatic heterocycles. The minimum Gasteiger partial charge on any atom is -0.441 e. The maximum Gasteiger partial charge on any atom is 0.412 e. The maximum absolute atomic E-state index is 12.5. The first kappa shape index (κ1) is 20.7. The predicted octanol–water partition coefficient (Wildman–Crippen LogP) is 7.28. The number of hydrogen-bond acceptors (Lipinski definition) is 4. The van der Waals surface area contributed by atoms with Crippen LogP contribution in [0.3, 0.4) is 0 Å². The number of nitrogens with one attached hydrogen (secondary N) is 1. The number of rotatable bonds is 5. The van der Waals surface area contributed by atoms with Gasteiger partial charge in [-0.2, -0.15) is 0 Å². The van der Waals surface area contributed by atoms with Crippen LogP contribution in [0.25, 0.3) is 22.5 Å². The summed E-state index contributed by atoms with van der Waals surface area (Å²) in [6.07, 6.45) is -1.12. The number of benzene rings is 3. The number of ether oxygens (including phenoxy) is 1. The van der Waals surface area contributed by atoms with E-state index in [0.29, 0.717) is 22.2 Å². The lowest BCUT2D eigenvalue weighted by Gasteiger charge is -2.15. The van der Waals surface area contributed by atoms with Crippen LogP contribution in [0, 0.1) is 6.92 Å². The summed E-state index contributed by atoms with van der Waals surface area (Å²) in [5.74, 6) is 0.472. The predicted molar refractivity (Wildman–Crippen MR) is 122 cm³/mol. The molecule has 6 heteroatoms. The molecular weight excluding hydrogens is 412 g/mol. The summed E-state index contributed by atoms with van der Waals surface area (Å²) in [5, 5.41) is 7.32. The summed E-state index contributed by atoms with van der Waals surface area (Å²) in [6.45, 7) is 3.53. The Balaban J connectivity index is 1.51. The van der Waals surface area contributed by atoms with Gasteiger partial charge in [-0.05, 0) is 31.0 Å². The van der Waals surface area contributed by atoms with Gasteiger partial charge in [0, 0.05) is 16.1 Å². The van der Waals surface area contributed by atoms with E-state index in [4.69, 9.17) is 20.9 Å². The fourth-order valence-corrected chi connectivity index (χ4v) is 3.61. The molecule has 5 nitrogen and oxygen atoms in total. The van der Waals surface area contributed by atoms with Gasteiger partial charge < -0.3 is 9.26 Å². The number of anilines is 1. The average Bonchev–Trinajstić information content (AvgIpc) is 3.14. The van der Waals surface area contributed by atoms with E-state index in [-0.39, 0.29) is 0 Å². The third-order valence-electron chi connectivity index (χ3n) is 4.97. The van der Waals surface area contributed by atoms with Crippen molar-refractivity contribution in [2.45, 2.75) is 20.0 Å². The molecule has 156 valence electrons. The highest BCUT2D eigenvalue weighted by Crippen LogP contribution is 2.33. The Morgan fingerprint density at radius 2 is 1.55 bits per heavy atom. The summed E-state index contributed by atoms with van der Waals surface area (Å²) >= 11 is 6.20. The van der Waals surface area contributed by atoms with Crippen molar-refractivity contribution < 1.29 is 14.1 Å². The molecule has 0 saturated carbocycles. The first-order valence-electron chi connectivity index (χ1n) is 9.87. The number of halogens is 1. The molecule has 0 aliphatic rings. The van der Waals surface area contributed by atoms with Gasteiger partial charge in [0.05, 0.1) is 0 Å². The molecule has 0 saturated heterocycles. The van der Waals surface area contributed by atoms with E-state index < -0.39 is 12.2 Å². The third-order valence-corrected chi connectivity index (χ3v) is 5.32. The summed E-state index contributed by atoms with van der Waals surface area (Å²) < 4.78 is 11.0. The van der Waals surface area contributed by atoms with E-state index in [1.807, 2.05) is 60.7 Å². The molecule has 1 amide bonds. The van der Waals surface area contributed by atoms with E-state index in [1.54, 1.807) is 19.9 Å². The van der Waals surface area contributed by atoms with Crippen LogP contribution in [0.15, 0.2) is 83.4 Å². The number of carbonyl (C=O) groups excluding carboxylic acids is 1. The molecule has 1 aromatic heterocycles. The van der Waals surface area contributed by atoms with Gasteiger partial charge in [0.25, 0.3) is 0 Å². The Morgan fingerprint density at radius 3 is 2.26 bits per heavy atom. The van der Waals surface area contributed by atoms with Crippen LogP contribution < -0.4 is 5.32 Å². The van der Waals surface area contributed by atoms with Crippen LogP contribution in [0.2, 0.25) is 5.02 Å². The zero-order valence-corrected chi connectivity index (χ0v) is 17.9. The highest BCUT2D eigenvalue weighted by Gasteiger charge is 2.20. The number of aromatic nitrogens is 1. The number of nitrogens with zero attached hydrogens (tertiary/aromatic N) is 1. The van der Waals surface area contributed by atoms with Crippen molar-refractivity contribution >= 4 is 23.4 Å². The monoisotopic (exact) mass is 432 g/mol. The van der Waals surface area contributed by atoms with Crippen LogP contribution in [-0.4, -0.2) is 11.2 Å². The van der Waals surface area contributed by atoms with Crippen LogP contribution in [-0.2, 0) is 4.74 Å². The second kappa shape index (κ2) is 9.06. The molecule has 0 radical (unpaired) electrons. The fraction of sp³-hybridized carbons (Fsp3) is 0.120. The van der Waals surface area contributed by atoms with Gasteiger partial charge >= 0.3 is 6.09 Å². The van der Waals surface area contributed by atoms with Crippen LogP contribution >= 0.6 is 11.6 Å². The maximum atomic E-state index is 12.5. The molecule has 1 unspecified atom stereocenters. The molecule has 0 spiro atoms. The lowest BCUT2D eigenvalue weighted by Crippen LogP contribution is -2.17. The Kier molecular flexibility index (Phi) is 6.05. The average molecular weight is 433 g/mol. The van der Waals surface area contributed by atoms with Gasteiger partial charge in [-0.1, -0.05) is 89.6 Å². The molecule has 31 heavy (non-hydrogen) atoms. The van der Waals surface area contributed by atoms with Crippen molar-refractivity contribution in [3.8, 4) is 22.5 Å². The highest BCUT2D eigenvalue weighted by molar-refractivity contribution is 6.31. The van der Waals surface area contributed by atoms with Crippen molar-refractivity contribution in [1.29, 1.82) is 0 Å². The third kappa shape index (κ3) is 4.62. The Hall–Kier alpha value is -3.57. The van der Waals surface area contributed by atoms with Gasteiger partial charge in [0.15, 0.2) is 5.76 Å². The van der Waals surface area contributed by atoms with E-state index in [0.717, 1.165) is 22.3 Å². The summed E-state index contributed by atoms with van der Waals surface area (Å²) in [6, 6.07) is 25.2. The van der Waals surface area contributed by atoms with Gasteiger partial charge in [-0.25, -0.2) is 4.79 Å². The second-order valence-electron chi connectivity index (χ2n) is 7.11. The normalized spacial score (nSPS) is 11.7. The minimum absolute atomic E-state index is 0.472. The van der Waals surface area contributed by atoms with E-state index in [9.17, 15) is 4.79 Å². The van der Waals surface area contributed by atoms with Crippen molar-refractivity contribution in [3.05, 3.63) is 95.1 Å². The summed E-state index contributed by atoms with van der Waals surface area (Å²) in [7, 11) is 0. The molecule has 4 aromatic rings. The van der Waals surface area contributed by atoms with Crippen LogP contribution in [0.1, 0.15) is 24.3 Å². The Labute approximate surface area is 185 Å². The second-order valence-corrected chi connectivity index (χ2v) is 7.52. The van der Waals surface area contributed by atoms with Crippen molar-refractivity contribution in [3.63, 3.8) is 0 Å². The highest BCUT2D eigenvalue weighted by atomic mass is 35.5. The van der Waals surface area contributed by atoms with Crippen molar-refractivity contribution in [2.24, 2.45) is 0 Å². The molecule has 0 bridgehead atoms. The molecule has 4 rings (SSSR count). The molecule has 1 heterocycles. The number of hydrogen-bond donors (Lipinski definition) is 1. The molecule has 3 aromatic carbocycles. The topological polar surface area (TPSA) is 64.4 Å². The van der Waals surface area contributed by atoms with Crippen LogP contribution in [0.4, 0.5) is 10.5 Å². The minimum atomic E-state index is -0.610. The van der Waals surface area contributed by atoms with Gasteiger partial charge in [-0.15, -0.1) is 0 Å². The zero-order chi connectivity index (χ0) is 21.8. The first-order valence-corrected chi connectivity index (χ1v) is 10.2. The lowest BCUT2D eigenvalue weighted by molar-refractivity contribution is 0.121. The zero-order valence-electron chi connectivity index (χ0n) is 17.1. The number of carbonyl (C=O) groups is 1. The van der Waals surface area contributed by atoms with E-state index in [1.165, 1.54) is 0 Å². The molecule has 1 atom stereocenters. The van der Waals surface area contributed by atoms with E-state index in [2.05, 4.69) is 22.6 Å². The SMILES string of the molecule is Cc1noc(-c2ccc(-c3ccccc3)cc2)c1NC(=O)OC(C)c1ccccc1Cl. The Morgan fingerprint density at radius 1 is 0.935 bits per heavy atom. The molecule has 0 aliphatic carbocycles. The summed E-state index contributed by atoms with van der Waals surface area (Å²) in [4.78, 5) is 12.5. The largest absolute Gasteiger partial charge is 0.441 e. The quantitative estimate of drug-likeness (QED) is 0.360. The van der Waals surface area contributed by atoms with E-state index >= 15 is 0 Å². The fourth-order valence-electron chi connectivity index (χ4n) is 3.32. The van der Waals surface area contributed by atoms with Crippen molar-refractivity contribution in [1.82, 2.24) is 5.16 Å². The van der Waals surface area contributed by atoms with Gasteiger partial charge in [0.2, 0.25) is 0 Å². The standard InChI is InChI=1S/C25H21ClN2O3/c1-16-23(27-25(29)30-17(2)21-10-6-7-11-22(21)26)24(31-28-16)20-14-12-19(13-15-20)18-8-4-3-5-9-18/h3-15,17H,1-2H3,(H,27,29). The molecule has 1 N–H and O–H groups in total. The van der Waals surface area contributed by atoms with Crippen molar-refractivity contribution in [2.75, 3.05) is 5.32 Å². The molecule has 0 fully saturated rings. The number of aryl methyl sites for hydroxylation is 1. The number of amides is 1. The first-order chi connectivity index (χ1) is 15.0. The Bertz CT molecular complexity index is 1190. The van der Waals surface area contributed by atoms with Crippen LogP contribution in [0.5, 0.6) is 0 Å². The smallest absolute Gasteiger partial charge is 0.412 e. The van der Waals surface area contributed by atoms with Gasteiger partial charge in [0.1, 0.15) is 17.5 Å².